The minimum Gasteiger partial charge on any atom is -0.381 e. The maximum Gasteiger partial charge on any atom is 0.0471 e. The Labute approximate surface area is 82.9 Å². The van der Waals surface area contributed by atoms with Crippen molar-refractivity contribution in [3.63, 3.8) is 0 Å². The summed E-state index contributed by atoms with van der Waals surface area (Å²) in [6.07, 6.45) is 5.22. The van der Waals surface area contributed by atoms with E-state index in [9.17, 15) is 0 Å². The summed E-state index contributed by atoms with van der Waals surface area (Å²) in [6.45, 7) is 11.1. The molecule has 1 aliphatic carbocycles. The molecule has 1 aliphatic rings. The van der Waals surface area contributed by atoms with E-state index in [0.29, 0.717) is 10.8 Å². The quantitative estimate of drug-likeness (QED) is 0.593. The molecule has 0 spiro atoms. The van der Waals surface area contributed by atoms with E-state index >= 15 is 0 Å². The number of hydrogen-bond donors (Lipinski definition) is 0. The minimum atomic E-state index is 0.475. The van der Waals surface area contributed by atoms with E-state index in [1.54, 1.807) is 0 Å². The summed E-state index contributed by atoms with van der Waals surface area (Å²) in [5.41, 5.74) is 1.09. The zero-order valence-corrected chi connectivity index (χ0v) is 9.65. The molecule has 0 unspecified atom stereocenters. The lowest BCUT2D eigenvalue weighted by atomic mass is 9.76. The van der Waals surface area contributed by atoms with Crippen LogP contribution in [0.5, 0.6) is 0 Å². The second-order valence-electron chi connectivity index (χ2n) is 5.39. The highest BCUT2D eigenvalue weighted by molar-refractivity contribution is 5.01. The lowest BCUT2D eigenvalue weighted by Gasteiger charge is -2.30. The largest absolute Gasteiger partial charge is 0.381 e. The van der Waals surface area contributed by atoms with E-state index in [2.05, 4.69) is 27.7 Å². The van der Waals surface area contributed by atoms with E-state index in [0.717, 1.165) is 19.6 Å². The standard InChI is InChI=1S/C12H24O/c1-5-9-13-10-8-12(6-7-12)11(2,3)4/h5-10H2,1-4H3. The average Bonchev–Trinajstić information content (AvgIpc) is 2.77. The van der Waals surface area contributed by atoms with Gasteiger partial charge < -0.3 is 4.74 Å². The highest BCUT2D eigenvalue weighted by atomic mass is 16.5. The Hall–Kier alpha value is -0.0400. The third-order valence-corrected chi connectivity index (χ3v) is 3.52. The highest BCUT2D eigenvalue weighted by Crippen LogP contribution is 2.60. The van der Waals surface area contributed by atoms with E-state index < -0.39 is 0 Å². The van der Waals surface area contributed by atoms with Crippen molar-refractivity contribution in [2.75, 3.05) is 13.2 Å². The molecule has 0 bridgehead atoms. The van der Waals surface area contributed by atoms with E-state index in [-0.39, 0.29) is 0 Å². The van der Waals surface area contributed by atoms with Crippen LogP contribution in [0.3, 0.4) is 0 Å². The maximum absolute atomic E-state index is 5.55. The van der Waals surface area contributed by atoms with Crippen LogP contribution in [-0.2, 0) is 4.74 Å². The van der Waals surface area contributed by atoms with Crippen molar-refractivity contribution >= 4 is 0 Å². The molecule has 0 radical (unpaired) electrons. The molecule has 0 aromatic rings. The summed E-state index contributed by atoms with van der Waals surface area (Å²) in [6, 6.07) is 0. The van der Waals surface area contributed by atoms with Crippen LogP contribution in [0, 0.1) is 10.8 Å². The molecule has 13 heavy (non-hydrogen) atoms. The molecule has 0 atom stereocenters. The van der Waals surface area contributed by atoms with Crippen molar-refractivity contribution < 1.29 is 4.74 Å². The normalized spacial score (nSPS) is 20.3. The Balaban J connectivity index is 2.21. The molecule has 0 aromatic carbocycles. The number of rotatable bonds is 5. The van der Waals surface area contributed by atoms with Crippen molar-refractivity contribution in [2.45, 2.75) is 53.4 Å². The van der Waals surface area contributed by atoms with Crippen LogP contribution in [0.25, 0.3) is 0 Å². The Bertz CT molecular complexity index is 151. The van der Waals surface area contributed by atoms with Gasteiger partial charge in [0, 0.05) is 13.2 Å². The Kier molecular flexibility index (Phi) is 3.39. The molecule has 0 amide bonds. The van der Waals surface area contributed by atoms with Gasteiger partial charge in [0.2, 0.25) is 0 Å². The zero-order chi connectivity index (χ0) is 9.95. The van der Waals surface area contributed by atoms with Gasteiger partial charge in [-0.15, -0.1) is 0 Å². The minimum absolute atomic E-state index is 0.475. The molecule has 1 heteroatoms. The summed E-state index contributed by atoms with van der Waals surface area (Å²) in [5.74, 6) is 0. The van der Waals surface area contributed by atoms with Gasteiger partial charge in [-0.2, -0.15) is 0 Å². The van der Waals surface area contributed by atoms with Crippen LogP contribution in [0.2, 0.25) is 0 Å². The van der Waals surface area contributed by atoms with Gasteiger partial charge in [-0.3, -0.25) is 0 Å². The van der Waals surface area contributed by atoms with Gasteiger partial charge in [0.25, 0.3) is 0 Å². The molecule has 1 fully saturated rings. The SMILES string of the molecule is CCCOCCC1(C(C)(C)C)CC1. The number of ether oxygens (including phenoxy) is 1. The Morgan fingerprint density at radius 3 is 2.15 bits per heavy atom. The van der Waals surface area contributed by atoms with Gasteiger partial charge in [-0.25, -0.2) is 0 Å². The fourth-order valence-corrected chi connectivity index (χ4v) is 2.04. The molecule has 0 aromatic heterocycles. The van der Waals surface area contributed by atoms with Crippen LogP contribution in [0.1, 0.15) is 53.4 Å². The first-order valence-corrected chi connectivity index (χ1v) is 5.60. The summed E-state index contributed by atoms with van der Waals surface area (Å²) in [4.78, 5) is 0. The highest BCUT2D eigenvalue weighted by Gasteiger charge is 2.50. The van der Waals surface area contributed by atoms with Gasteiger partial charge in [0.05, 0.1) is 0 Å². The van der Waals surface area contributed by atoms with Gasteiger partial charge in [-0.1, -0.05) is 27.7 Å². The fourth-order valence-electron chi connectivity index (χ4n) is 2.04. The summed E-state index contributed by atoms with van der Waals surface area (Å²) in [5, 5.41) is 0. The third kappa shape index (κ3) is 2.70. The monoisotopic (exact) mass is 184 g/mol. The van der Waals surface area contributed by atoms with Crippen molar-refractivity contribution in [1.82, 2.24) is 0 Å². The van der Waals surface area contributed by atoms with Gasteiger partial charge in [-0.05, 0) is 36.5 Å². The summed E-state index contributed by atoms with van der Waals surface area (Å²) >= 11 is 0. The fraction of sp³-hybridized carbons (Fsp3) is 1.00. The lowest BCUT2D eigenvalue weighted by molar-refractivity contribution is 0.0878. The van der Waals surface area contributed by atoms with Crippen LogP contribution < -0.4 is 0 Å². The Morgan fingerprint density at radius 1 is 1.15 bits per heavy atom. The van der Waals surface area contributed by atoms with Crippen molar-refractivity contribution in [3.05, 3.63) is 0 Å². The lowest BCUT2D eigenvalue weighted by Crippen LogP contribution is -2.23. The average molecular weight is 184 g/mol. The van der Waals surface area contributed by atoms with E-state index in [4.69, 9.17) is 4.74 Å². The molecular weight excluding hydrogens is 160 g/mol. The molecule has 1 saturated carbocycles. The molecule has 78 valence electrons. The molecule has 0 heterocycles. The van der Waals surface area contributed by atoms with Gasteiger partial charge in [0.15, 0.2) is 0 Å². The summed E-state index contributed by atoms with van der Waals surface area (Å²) < 4.78 is 5.55. The first kappa shape index (κ1) is 11.0. The Morgan fingerprint density at radius 2 is 1.77 bits per heavy atom. The van der Waals surface area contributed by atoms with E-state index in [1.807, 2.05) is 0 Å². The smallest absolute Gasteiger partial charge is 0.0471 e. The topological polar surface area (TPSA) is 9.23 Å². The molecule has 0 aliphatic heterocycles. The maximum atomic E-state index is 5.55. The zero-order valence-electron chi connectivity index (χ0n) is 9.65. The van der Waals surface area contributed by atoms with Crippen molar-refractivity contribution in [3.8, 4) is 0 Å². The van der Waals surface area contributed by atoms with Gasteiger partial charge >= 0.3 is 0 Å². The van der Waals surface area contributed by atoms with E-state index in [1.165, 1.54) is 19.3 Å². The molecular formula is C12H24O. The predicted molar refractivity (Wildman–Crippen MR) is 56.8 cm³/mol. The number of hydrogen-bond acceptors (Lipinski definition) is 1. The van der Waals surface area contributed by atoms with Crippen LogP contribution in [-0.4, -0.2) is 13.2 Å². The van der Waals surface area contributed by atoms with Crippen LogP contribution in [0.4, 0.5) is 0 Å². The van der Waals surface area contributed by atoms with Crippen LogP contribution in [0.15, 0.2) is 0 Å². The second kappa shape index (κ2) is 4.00. The van der Waals surface area contributed by atoms with Crippen molar-refractivity contribution in [2.24, 2.45) is 10.8 Å². The molecule has 1 rings (SSSR count). The second-order valence-corrected chi connectivity index (χ2v) is 5.39. The van der Waals surface area contributed by atoms with Gasteiger partial charge in [0.1, 0.15) is 0 Å². The van der Waals surface area contributed by atoms with Crippen molar-refractivity contribution in [1.29, 1.82) is 0 Å². The first-order chi connectivity index (χ1) is 6.02. The third-order valence-electron chi connectivity index (χ3n) is 3.52. The molecule has 0 saturated heterocycles. The predicted octanol–water partition coefficient (Wildman–Crippen LogP) is 3.63. The molecule has 1 nitrogen and oxygen atoms in total. The first-order valence-electron chi connectivity index (χ1n) is 5.60. The molecule has 0 N–H and O–H groups in total. The summed E-state index contributed by atoms with van der Waals surface area (Å²) in [7, 11) is 0. The van der Waals surface area contributed by atoms with Crippen LogP contribution >= 0.6 is 0 Å².